The molecule has 14 nitrogen and oxygen atoms in total. The Morgan fingerprint density at radius 1 is 0.893 bits per heavy atom. The minimum absolute atomic E-state index is 0.196. The first-order valence-electron chi connectivity index (χ1n) is 19.8. The summed E-state index contributed by atoms with van der Waals surface area (Å²) in [6.45, 7) is 8.53. The summed E-state index contributed by atoms with van der Waals surface area (Å²) in [6.07, 6.45) is 11.5. The summed E-state index contributed by atoms with van der Waals surface area (Å²) < 4.78 is 7.52. The number of carbonyl (C=O) groups excluding carboxylic acids is 2. The molecule has 5 aromatic rings. The Morgan fingerprint density at radius 2 is 1.77 bits per heavy atom. The normalized spacial score (nSPS) is 21.1. The fourth-order valence-corrected chi connectivity index (χ4v) is 9.49. The van der Waals surface area contributed by atoms with Crippen molar-refractivity contribution in [1.82, 2.24) is 40.0 Å². The molecule has 9 heterocycles. The Bertz CT molecular complexity index is 2240. The molecule has 0 bridgehead atoms. The number of hydrogen-bond donors (Lipinski definition) is 1. The van der Waals surface area contributed by atoms with Gasteiger partial charge in [0.1, 0.15) is 11.9 Å². The average molecular weight is 772 g/mol. The van der Waals surface area contributed by atoms with Gasteiger partial charge in [0.15, 0.2) is 5.01 Å². The Hall–Kier alpha value is -5.30. The maximum absolute atomic E-state index is 12.3. The molecule has 1 N–H and O–H groups in total. The summed E-state index contributed by atoms with van der Waals surface area (Å²) in [4.78, 5) is 40.7. The van der Waals surface area contributed by atoms with Crippen LogP contribution in [0.5, 0.6) is 0 Å². The third kappa shape index (κ3) is 7.73. The number of piperazine rings is 1. The van der Waals surface area contributed by atoms with E-state index in [0.717, 1.165) is 135 Å². The molecule has 4 saturated heterocycles. The lowest BCUT2D eigenvalue weighted by Gasteiger charge is -2.39. The van der Waals surface area contributed by atoms with Crippen molar-refractivity contribution in [1.29, 1.82) is 5.26 Å². The molecule has 5 aromatic heterocycles. The van der Waals surface area contributed by atoms with Crippen LogP contribution in [0.4, 0.5) is 10.9 Å². The molecule has 9 rings (SSSR count). The van der Waals surface area contributed by atoms with E-state index in [1.54, 1.807) is 23.7 Å². The van der Waals surface area contributed by atoms with Crippen LogP contribution in [-0.4, -0.2) is 106 Å². The number of imide groups is 1. The van der Waals surface area contributed by atoms with Crippen LogP contribution in [0.2, 0.25) is 0 Å². The largest absolute Gasteiger partial charge is 0.381 e. The molecule has 2 amide bonds. The fraction of sp³-hybridized carbons (Fsp3) is 0.463. The van der Waals surface area contributed by atoms with Crippen LogP contribution in [0.1, 0.15) is 61.1 Å². The maximum Gasteiger partial charge on any atom is 0.234 e. The first-order chi connectivity index (χ1) is 27.5. The smallest absolute Gasteiger partial charge is 0.234 e. The van der Waals surface area contributed by atoms with Crippen molar-refractivity contribution in [3.63, 3.8) is 0 Å². The van der Waals surface area contributed by atoms with Crippen LogP contribution in [0.15, 0.2) is 55.0 Å². The van der Waals surface area contributed by atoms with E-state index >= 15 is 0 Å². The Kier molecular flexibility index (Phi) is 10.4. The van der Waals surface area contributed by atoms with Crippen molar-refractivity contribution in [3.05, 3.63) is 71.7 Å². The van der Waals surface area contributed by atoms with E-state index in [9.17, 15) is 14.9 Å². The number of nitrogens with one attached hydrogen (secondary N) is 1. The van der Waals surface area contributed by atoms with Crippen LogP contribution in [0, 0.1) is 23.2 Å². The fourth-order valence-electron chi connectivity index (χ4n) is 8.55. The lowest BCUT2D eigenvalue weighted by molar-refractivity contribution is -0.134. The summed E-state index contributed by atoms with van der Waals surface area (Å²) in [6, 6.07) is 14.2. The minimum Gasteiger partial charge on any atom is -0.381 e. The first kappa shape index (κ1) is 36.3. The SMILES string of the molecule is N#Cc1cnn2c(-c3cc(CC[C@H]4CCOC4)c(-c4nnc(N5CCN(CC6CCN(c7ccc([C@H]8CCC(=O)NC8=O)cn7)CC6)CC5)s4)cn3)ccc2c1. The van der Waals surface area contributed by atoms with Gasteiger partial charge < -0.3 is 14.5 Å². The number of nitriles is 1. The Morgan fingerprint density at radius 3 is 2.54 bits per heavy atom. The zero-order valence-electron chi connectivity index (χ0n) is 31.3. The number of amides is 2. The van der Waals surface area contributed by atoms with Crippen LogP contribution in [0.25, 0.3) is 27.5 Å². The Balaban J connectivity index is 0.804. The number of fused-ring (bicyclic) bond motifs is 1. The summed E-state index contributed by atoms with van der Waals surface area (Å²) in [5.74, 6) is 1.43. The van der Waals surface area contributed by atoms with E-state index in [1.165, 1.54) is 5.56 Å². The third-order valence-corrected chi connectivity index (χ3v) is 12.9. The number of aryl methyl sites for hydroxylation is 1. The van der Waals surface area contributed by atoms with E-state index in [4.69, 9.17) is 19.8 Å². The number of ether oxygens (including phenoxy) is 1. The van der Waals surface area contributed by atoms with Crippen molar-refractivity contribution in [2.75, 3.05) is 68.8 Å². The lowest BCUT2D eigenvalue weighted by atomic mass is 9.91. The van der Waals surface area contributed by atoms with Gasteiger partial charge in [0, 0.05) is 83.4 Å². The summed E-state index contributed by atoms with van der Waals surface area (Å²) in [7, 11) is 0. The second-order valence-corrected chi connectivity index (χ2v) is 16.4. The molecule has 15 heteroatoms. The average Bonchev–Trinajstić information content (AvgIpc) is 4.03. The zero-order chi connectivity index (χ0) is 38.0. The van der Waals surface area contributed by atoms with Gasteiger partial charge in [-0.25, -0.2) is 9.50 Å². The van der Waals surface area contributed by atoms with Gasteiger partial charge in [0.05, 0.1) is 34.6 Å². The molecule has 56 heavy (non-hydrogen) atoms. The molecule has 0 spiro atoms. The molecule has 288 valence electrons. The number of anilines is 2. The lowest BCUT2D eigenvalue weighted by Crippen LogP contribution is -2.49. The van der Waals surface area contributed by atoms with Crippen molar-refractivity contribution >= 4 is 39.6 Å². The first-order valence-corrected chi connectivity index (χ1v) is 20.6. The van der Waals surface area contributed by atoms with Gasteiger partial charge in [-0.05, 0) is 91.8 Å². The second-order valence-electron chi connectivity index (χ2n) is 15.5. The quantitative estimate of drug-likeness (QED) is 0.195. The van der Waals surface area contributed by atoms with Gasteiger partial charge in [-0.15, -0.1) is 10.2 Å². The molecule has 0 aromatic carbocycles. The molecule has 0 saturated carbocycles. The highest BCUT2D eigenvalue weighted by molar-refractivity contribution is 7.18. The molecule has 0 radical (unpaired) electrons. The highest BCUT2D eigenvalue weighted by Crippen LogP contribution is 2.35. The van der Waals surface area contributed by atoms with Crippen LogP contribution < -0.4 is 15.1 Å². The van der Waals surface area contributed by atoms with Crippen molar-refractivity contribution in [2.45, 2.75) is 50.9 Å². The topological polar surface area (TPSA) is 158 Å². The van der Waals surface area contributed by atoms with Crippen LogP contribution >= 0.6 is 11.3 Å². The monoisotopic (exact) mass is 771 g/mol. The third-order valence-electron chi connectivity index (χ3n) is 11.9. The number of rotatable bonds is 10. The molecular formula is C41H45N11O3S. The van der Waals surface area contributed by atoms with E-state index in [2.05, 4.69) is 42.3 Å². The van der Waals surface area contributed by atoms with E-state index in [-0.39, 0.29) is 17.7 Å². The van der Waals surface area contributed by atoms with Gasteiger partial charge in [0.25, 0.3) is 0 Å². The van der Waals surface area contributed by atoms with Gasteiger partial charge in [-0.3, -0.25) is 24.8 Å². The standard InChI is InChI=1S/C41H45N11O3S/c42-21-29-19-32-4-6-36(52(32)45-22-29)35-20-30(2-1-28-11-18-55-26-28)34(24-43-35)40-47-48-41(56-40)51-16-14-49(15-17-51)25-27-9-12-50(13-10-27)37-7-3-31(23-44-37)33-5-8-38(53)46-39(33)54/h3-4,6-7,19-20,22-24,27-28,33H,1-2,5,8-18,25-26H2,(H,46,53,54)/t28-,33+/m0/s1. The molecule has 4 aliphatic rings. The minimum atomic E-state index is -0.304. The van der Waals surface area contributed by atoms with Gasteiger partial charge in [-0.2, -0.15) is 10.4 Å². The van der Waals surface area contributed by atoms with Crippen LogP contribution in [0.3, 0.4) is 0 Å². The number of piperidine rings is 2. The summed E-state index contributed by atoms with van der Waals surface area (Å²) in [5.41, 5.74) is 6.22. The predicted octanol–water partition coefficient (Wildman–Crippen LogP) is 4.71. The number of hydrogen-bond acceptors (Lipinski definition) is 13. The highest BCUT2D eigenvalue weighted by Gasteiger charge is 2.30. The van der Waals surface area contributed by atoms with E-state index < -0.39 is 0 Å². The van der Waals surface area contributed by atoms with E-state index in [1.807, 2.05) is 41.0 Å². The maximum atomic E-state index is 12.3. The number of nitrogens with zero attached hydrogens (tertiary/aromatic N) is 10. The number of pyridine rings is 2. The van der Waals surface area contributed by atoms with Gasteiger partial charge in [-0.1, -0.05) is 17.4 Å². The predicted molar refractivity (Wildman–Crippen MR) is 212 cm³/mol. The molecule has 2 atom stereocenters. The van der Waals surface area contributed by atoms with Crippen molar-refractivity contribution in [2.24, 2.45) is 11.8 Å². The molecule has 0 unspecified atom stereocenters. The molecular weight excluding hydrogens is 727 g/mol. The van der Waals surface area contributed by atoms with Crippen LogP contribution in [-0.2, 0) is 20.7 Å². The summed E-state index contributed by atoms with van der Waals surface area (Å²) in [5, 5.41) is 27.5. The molecule has 0 aliphatic carbocycles. The van der Waals surface area contributed by atoms with Crippen molar-refractivity contribution in [3.8, 4) is 28.0 Å². The zero-order valence-corrected chi connectivity index (χ0v) is 32.2. The Labute approximate surface area is 329 Å². The van der Waals surface area contributed by atoms with Crippen molar-refractivity contribution < 1.29 is 14.3 Å². The number of aromatic nitrogens is 6. The van der Waals surface area contributed by atoms with Gasteiger partial charge in [0.2, 0.25) is 16.9 Å². The second kappa shape index (κ2) is 16.0. The molecule has 4 fully saturated rings. The van der Waals surface area contributed by atoms with Gasteiger partial charge >= 0.3 is 0 Å². The molecule has 4 aliphatic heterocycles. The van der Waals surface area contributed by atoms with E-state index in [0.29, 0.717) is 30.2 Å². The number of carbonyl (C=O) groups is 2. The summed E-state index contributed by atoms with van der Waals surface area (Å²) >= 11 is 1.65. The highest BCUT2D eigenvalue weighted by atomic mass is 32.1.